The third-order valence-electron chi connectivity index (χ3n) is 1.28. The van der Waals surface area contributed by atoms with E-state index in [9.17, 15) is 5.11 Å². The number of rotatable bonds is 1. The highest BCUT2D eigenvalue weighted by atomic mass is 32.1. The minimum Gasteiger partial charge on any atom is -0.507 e. The molecule has 0 radical (unpaired) electrons. The number of hydrogen-bond acceptors (Lipinski definition) is 2. The van der Waals surface area contributed by atoms with Crippen molar-refractivity contribution in [2.75, 3.05) is 0 Å². The molecule has 1 aromatic rings. The molecule has 0 spiro atoms. The van der Waals surface area contributed by atoms with Crippen LogP contribution in [0.5, 0.6) is 5.75 Å². The van der Waals surface area contributed by atoms with Gasteiger partial charge in [0.25, 0.3) is 0 Å². The number of thiocarbonyl (C=S) groups is 1. The zero-order valence-corrected chi connectivity index (χ0v) is 6.48. The average molecular weight is 152 g/mol. The first kappa shape index (κ1) is 7.22. The van der Waals surface area contributed by atoms with Crippen molar-refractivity contribution in [1.82, 2.24) is 0 Å². The summed E-state index contributed by atoms with van der Waals surface area (Å²) >= 11 is 4.89. The minimum atomic E-state index is 0.259. The second kappa shape index (κ2) is 2.80. The van der Waals surface area contributed by atoms with Crippen LogP contribution in [-0.4, -0.2) is 9.97 Å². The number of phenolic OH excluding ortho intramolecular Hbond substituents is 1. The van der Waals surface area contributed by atoms with Crippen molar-refractivity contribution in [2.45, 2.75) is 6.92 Å². The standard InChI is InChI=1S/C8H8OS/c1-6(10)7-4-2-3-5-8(7)9/h2-5,9H,1H3. The fourth-order valence-corrected chi connectivity index (χ4v) is 0.944. The van der Waals surface area contributed by atoms with Crippen molar-refractivity contribution in [3.8, 4) is 5.75 Å². The zero-order chi connectivity index (χ0) is 7.56. The maximum absolute atomic E-state index is 9.19. The normalized spacial score (nSPS) is 9.30. The number of benzene rings is 1. The molecule has 1 rings (SSSR count). The van der Waals surface area contributed by atoms with Crippen LogP contribution < -0.4 is 0 Å². The van der Waals surface area contributed by atoms with E-state index in [-0.39, 0.29) is 5.75 Å². The van der Waals surface area contributed by atoms with Gasteiger partial charge in [0.15, 0.2) is 0 Å². The summed E-state index contributed by atoms with van der Waals surface area (Å²) in [6, 6.07) is 7.06. The van der Waals surface area contributed by atoms with Gasteiger partial charge in [0.05, 0.1) is 0 Å². The van der Waals surface area contributed by atoms with Crippen LogP contribution >= 0.6 is 12.2 Å². The van der Waals surface area contributed by atoms with Gasteiger partial charge < -0.3 is 5.11 Å². The summed E-state index contributed by atoms with van der Waals surface area (Å²) < 4.78 is 0. The zero-order valence-electron chi connectivity index (χ0n) is 5.66. The second-order valence-electron chi connectivity index (χ2n) is 2.07. The van der Waals surface area contributed by atoms with Crippen LogP contribution in [0.3, 0.4) is 0 Å². The molecule has 1 aromatic carbocycles. The molecule has 52 valence electrons. The molecule has 0 aliphatic rings. The quantitative estimate of drug-likeness (QED) is 0.491. The molecule has 0 heterocycles. The van der Waals surface area contributed by atoms with Gasteiger partial charge in [0.1, 0.15) is 5.75 Å². The summed E-state index contributed by atoms with van der Waals surface area (Å²) in [6.07, 6.45) is 0. The Morgan fingerprint density at radius 1 is 1.40 bits per heavy atom. The van der Waals surface area contributed by atoms with Crippen molar-refractivity contribution < 1.29 is 5.11 Å². The molecule has 0 aromatic heterocycles. The Morgan fingerprint density at radius 2 is 2.00 bits per heavy atom. The predicted molar refractivity (Wildman–Crippen MR) is 45.5 cm³/mol. The second-order valence-corrected chi connectivity index (χ2v) is 2.69. The van der Waals surface area contributed by atoms with Gasteiger partial charge in [-0.1, -0.05) is 30.4 Å². The Labute approximate surface area is 65.3 Å². The van der Waals surface area contributed by atoms with Crippen LogP contribution in [0.25, 0.3) is 0 Å². The fourth-order valence-electron chi connectivity index (χ4n) is 0.771. The van der Waals surface area contributed by atoms with Crippen LogP contribution in [0.1, 0.15) is 12.5 Å². The molecule has 0 saturated carbocycles. The molecule has 0 saturated heterocycles. The topological polar surface area (TPSA) is 20.2 Å². The Kier molecular flexibility index (Phi) is 2.02. The van der Waals surface area contributed by atoms with Gasteiger partial charge in [-0.25, -0.2) is 0 Å². The van der Waals surface area contributed by atoms with E-state index in [2.05, 4.69) is 0 Å². The molecule has 1 nitrogen and oxygen atoms in total. The molecule has 0 bridgehead atoms. The predicted octanol–water partition coefficient (Wildman–Crippen LogP) is 2.13. The highest BCUT2D eigenvalue weighted by Crippen LogP contribution is 2.15. The molecular formula is C8H8OS. The van der Waals surface area contributed by atoms with E-state index in [1.807, 2.05) is 6.07 Å². The van der Waals surface area contributed by atoms with Crippen LogP contribution in [0, 0.1) is 0 Å². The van der Waals surface area contributed by atoms with Gasteiger partial charge in [-0.05, 0) is 13.0 Å². The van der Waals surface area contributed by atoms with E-state index in [1.54, 1.807) is 25.1 Å². The molecule has 2 heteroatoms. The minimum absolute atomic E-state index is 0.259. The Hall–Kier alpha value is -0.890. The van der Waals surface area contributed by atoms with E-state index >= 15 is 0 Å². The van der Waals surface area contributed by atoms with Crippen molar-refractivity contribution in [3.63, 3.8) is 0 Å². The Bertz CT molecular complexity index is 255. The van der Waals surface area contributed by atoms with E-state index in [1.165, 1.54) is 0 Å². The van der Waals surface area contributed by atoms with Gasteiger partial charge in [0, 0.05) is 10.4 Å². The lowest BCUT2D eigenvalue weighted by Crippen LogP contribution is -1.88. The molecule has 0 atom stereocenters. The summed E-state index contributed by atoms with van der Waals surface area (Å²) in [5, 5.41) is 9.19. The molecule has 1 N–H and O–H groups in total. The van der Waals surface area contributed by atoms with Gasteiger partial charge in [-0.3, -0.25) is 0 Å². The number of aromatic hydroxyl groups is 1. The van der Waals surface area contributed by atoms with E-state index < -0.39 is 0 Å². The maximum atomic E-state index is 9.19. The van der Waals surface area contributed by atoms with Crippen molar-refractivity contribution in [3.05, 3.63) is 29.8 Å². The summed E-state index contributed by atoms with van der Waals surface area (Å²) in [5.74, 6) is 0.259. The average Bonchev–Trinajstić information content (AvgIpc) is 1.88. The summed E-state index contributed by atoms with van der Waals surface area (Å²) in [4.78, 5) is 0.720. The SMILES string of the molecule is CC(=S)c1ccccc1O. The van der Waals surface area contributed by atoms with Gasteiger partial charge in [-0.2, -0.15) is 0 Å². The highest BCUT2D eigenvalue weighted by molar-refractivity contribution is 7.80. The van der Waals surface area contributed by atoms with Gasteiger partial charge in [-0.15, -0.1) is 0 Å². The smallest absolute Gasteiger partial charge is 0.123 e. The summed E-state index contributed by atoms with van der Waals surface area (Å²) in [7, 11) is 0. The number of hydrogen-bond donors (Lipinski definition) is 1. The van der Waals surface area contributed by atoms with Crippen molar-refractivity contribution in [2.24, 2.45) is 0 Å². The molecule has 0 aliphatic heterocycles. The first-order valence-corrected chi connectivity index (χ1v) is 3.41. The Balaban J connectivity index is 3.15. The summed E-state index contributed by atoms with van der Waals surface area (Å²) in [5.41, 5.74) is 0.748. The molecule has 0 amide bonds. The van der Waals surface area contributed by atoms with E-state index in [0.717, 1.165) is 10.4 Å². The lowest BCUT2D eigenvalue weighted by molar-refractivity contribution is 0.474. The fraction of sp³-hybridized carbons (Fsp3) is 0.125. The first-order valence-electron chi connectivity index (χ1n) is 3.01. The van der Waals surface area contributed by atoms with Gasteiger partial charge in [0.2, 0.25) is 0 Å². The first-order chi connectivity index (χ1) is 4.72. The van der Waals surface area contributed by atoms with E-state index in [4.69, 9.17) is 12.2 Å². The highest BCUT2D eigenvalue weighted by Gasteiger charge is 1.98. The maximum Gasteiger partial charge on any atom is 0.123 e. The molecule has 0 fully saturated rings. The monoisotopic (exact) mass is 152 g/mol. The third kappa shape index (κ3) is 1.33. The third-order valence-corrected chi connectivity index (χ3v) is 1.50. The lowest BCUT2D eigenvalue weighted by atomic mass is 10.1. The Morgan fingerprint density at radius 3 is 2.40 bits per heavy atom. The van der Waals surface area contributed by atoms with Crippen molar-refractivity contribution in [1.29, 1.82) is 0 Å². The summed E-state index contributed by atoms with van der Waals surface area (Å²) in [6.45, 7) is 1.80. The molecule has 0 unspecified atom stereocenters. The van der Waals surface area contributed by atoms with Gasteiger partial charge >= 0.3 is 0 Å². The van der Waals surface area contributed by atoms with Crippen molar-refractivity contribution >= 4 is 17.1 Å². The lowest BCUT2D eigenvalue weighted by Gasteiger charge is -1.98. The number of para-hydroxylation sites is 1. The largest absolute Gasteiger partial charge is 0.507 e. The van der Waals surface area contributed by atoms with Crippen LogP contribution in [0.4, 0.5) is 0 Å². The van der Waals surface area contributed by atoms with E-state index in [0.29, 0.717) is 0 Å². The number of phenols is 1. The molecular weight excluding hydrogens is 144 g/mol. The van der Waals surface area contributed by atoms with Crippen LogP contribution in [-0.2, 0) is 0 Å². The van der Waals surface area contributed by atoms with Crippen LogP contribution in [0.2, 0.25) is 0 Å². The van der Waals surface area contributed by atoms with Crippen LogP contribution in [0.15, 0.2) is 24.3 Å². The molecule has 10 heavy (non-hydrogen) atoms. The molecule has 0 aliphatic carbocycles.